The van der Waals surface area contributed by atoms with E-state index in [1.165, 1.54) is 0 Å². The van der Waals surface area contributed by atoms with Crippen molar-refractivity contribution in [1.29, 1.82) is 0 Å². The molecule has 0 spiro atoms. The molecule has 1 aromatic carbocycles. The van der Waals surface area contributed by atoms with Gasteiger partial charge in [0.2, 0.25) is 5.91 Å². The van der Waals surface area contributed by atoms with Gasteiger partial charge in [-0.1, -0.05) is 18.2 Å². The zero-order valence-corrected chi connectivity index (χ0v) is 15.0. The minimum Gasteiger partial charge on any atom is -0.336 e. The molecule has 4 rings (SSSR count). The summed E-state index contributed by atoms with van der Waals surface area (Å²) in [5.41, 5.74) is 3.25. The standard InChI is InChI=1S/C20H23N5O/c1-23-15-17(13-21-23)19-8-5-11-24(19)20(26)10-9-16-12-22-25(14-16)18-6-3-2-4-7-18/h2-4,6-7,12-15,19H,5,8-11H2,1H3/t19-/m0/s1. The molecule has 3 heterocycles. The monoisotopic (exact) mass is 349 g/mol. The van der Waals surface area contributed by atoms with E-state index in [0.29, 0.717) is 12.8 Å². The van der Waals surface area contributed by atoms with Gasteiger partial charge in [-0.3, -0.25) is 9.48 Å². The number of carbonyl (C=O) groups is 1. The Balaban J connectivity index is 1.39. The van der Waals surface area contributed by atoms with E-state index in [-0.39, 0.29) is 11.9 Å². The molecule has 0 N–H and O–H groups in total. The largest absolute Gasteiger partial charge is 0.336 e. The van der Waals surface area contributed by atoms with Crippen LogP contribution in [0.5, 0.6) is 0 Å². The van der Waals surface area contributed by atoms with E-state index in [1.54, 1.807) is 4.68 Å². The summed E-state index contributed by atoms with van der Waals surface area (Å²) in [7, 11) is 1.91. The molecular weight excluding hydrogens is 326 g/mol. The van der Waals surface area contributed by atoms with Crippen molar-refractivity contribution in [2.45, 2.75) is 31.7 Å². The van der Waals surface area contributed by atoms with Gasteiger partial charge in [0.15, 0.2) is 0 Å². The van der Waals surface area contributed by atoms with Gasteiger partial charge in [-0.05, 0) is 37.0 Å². The molecule has 0 radical (unpaired) electrons. The van der Waals surface area contributed by atoms with Gasteiger partial charge in [-0.2, -0.15) is 10.2 Å². The van der Waals surface area contributed by atoms with Crippen molar-refractivity contribution in [3.8, 4) is 5.69 Å². The molecule has 1 fully saturated rings. The average Bonchev–Trinajstić information content (AvgIpc) is 3.40. The SMILES string of the molecule is Cn1cc([C@@H]2CCCN2C(=O)CCc2cnn(-c3ccccc3)c2)cn1. The number of aromatic nitrogens is 4. The van der Waals surface area contributed by atoms with E-state index in [4.69, 9.17) is 0 Å². The molecule has 26 heavy (non-hydrogen) atoms. The van der Waals surface area contributed by atoms with Crippen LogP contribution in [0, 0.1) is 0 Å². The number of nitrogens with zero attached hydrogens (tertiary/aromatic N) is 5. The Kier molecular flexibility index (Phi) is 4.56. The van der Waals surface area contributed by atoms with E-state index in [2.05, 4.69) is 10.2 Å². The first-order valence-corrected chi connectivity index (χ1v) is 9.08. The Bertz CT molecular complexity index is 883. The maximum absolute atomic E-state index is 12.8. The first kappa shape index (κ1) is 16.6. The van der Waals surface area contributed by atoms with Gasteiger partial charge in [0.25, 0.3) is 0 Å². The van der Waals surface area contributed by atoms with Crippen LogP contribution in [0.25, 0.3) is 5.69 Å². The van der Waals surface area contributed by atoms with Gasteiger partial charge >= 0.3 is 0 Å². The molecule has 0 aliphatic carbocycles. The summed E-state index contributed by atoms with van der Waals surface area (Å²) in [6, 6.07) is 10.2. The van der Waals surface area contributed by atoms with Gasteiger partial charge in [0.05, 0.1) is 24.1 Å². The zero-order chi connectivity index (χ0) is 17.9. The Morgan fingerprint density at radius 2 is 2.00 bits per heavy atom. The van der Waals surface area contributed by atoms with Crippen LogP contribution in [0.3, 0.4) is 0 Å². The molecule has 0 saturated carbocycles. The van der Waals surface area contributed by atoms with Crippen LogP contribution >= 0.6 is 0 Å². The minimum atomic E-state index is 0.170. The van der Waals surface area contributed by atoms with Crippen molar-refractivity contribution in [2.75, 3.05) is 6.54 Å². The second-order valence-electron chi connectivity index (χ2n) is 6.82. The highest BCUT2D eigenvalue weighted by Crippen LogP contribution is 2.32. The van der Waals surface area contributed by atoms with E-state index in [0.717, 1.165) is 36.2 Å². The lowest BCUT2D eigenvalue weighted by atomic mass is 10.1. The van der Waals surface area contributed by atoms with Crippen LogP contribution in [0.1, 0.15) is 36.4 Å². The van der Waals surface area contributed by atoms with Crippen LogP contribution in [0.4, 0.5) is 0 Å². The molecule has 1 atom stereocenters. The highest BCUT2D eigenvalue weighted by atomic mass is 16.2. The molecule has 2 aromatic heterocycles. The number of para-hydroxylation sites is 1. The number of hydrogen-bond acceptors (Lipinski definition) is 3. The van der Waals surface area contributed by atoms with E-state index in [1.807, 2.05) is 71.7 Å². The van der Waals surface area contributed by atoms with Crippen LogP contribution in [-0.2, 0) is 18.3 Å². The van der Waals surface area contributed by atoms with Crippen molar-refractivity contribution in [3.05, 3.63) is 66.2 Å². The Hall–Kier alpha value is -2.89. The fraction of sp³-hybridized carbons (Fsp3) is 0.350. The smallest absolute Gasteiger partial charge is 0.223 e. The van der Waals surface area contributed by atoms with Gasteiger partial charge < -0.3 is 4.90 Å². The number of hydrogen-bond donors (Lipinski definition) is 0. The van der Waals surface area contributed by atoms with E-state index >= 15 is 0 Å². The number of benzene rings is 1. The van der Waals surface area contributed by atoms with Crippen LogP contribution in [0.15, 0.2) is 55.1 Å². The third kappa shape index (κ3) is 3.40. The third-order valence-electron chi connectivity index (χ3n) is 4.97. The maximum atomic E-state index is 12.8. The van der Waals surface area contributed by atoms with Gasteiger partial charge in [-0.25, -0.2) is 4.68 Å². The normalized spacial score (nSPS) is 17.0. The molecular formula is C20H23N5O. The zero-order valence-electron chi connectivity index (χ0n) is 15.0. The number of rotatable bonds is 5. The Morgan fingerprint density at radius 1 is 1.15 bits per heavy atom. The number of aryl methyl sites for hydroxylation is 2. The summed E-state index contributed by atoms with van der Waals surface area (Å²) in [4.78, 5) is 14.8. The summed E-state index contributed by atoms with van der Waals surface area (Å²) in [5.74, 6) is 0.212. The lowest BCUT2D eigenvalue weighted by Crippen LogP contribution is -2.30. The highest BCUT2D eigenvalue weighted by molar-refractivity contribution is 5.77. The predicted molar refractivity (Wildman–Crippen MR) is 98.8 cm³/mol. The third-order valence-corrected chi connectivity index (χ3v) is 4.97. The fourth-order valence-corrected chi connectivity index (χ4v) is 3.63. The molecule has 134 valence electrons. The van der Waals surface area contributed by atoms with Gasteiger partial charge in [0, 0.05) is 38.0 Å². The Morgan fingerprint density at radius 3 is 2.77 bits per heavy atom. The van der Waals surface area contributed by atoms with Crippen molar-refractivity contribution in [2.24, 2.45) is 7.05 Å². The van der Waals surface area contributed by atoms with Crippen molar-refractivity contribution in [3.63, 3.8) is 0 Å². The average molecular weight is 349 g/mol. The summed E-state index contributed by atoms with van der Waals surface area (Å²) in [5, 5.41) is 8.66. The lowest BCUT2D eigenvalue weighted by Gasteiger charge is -2.23. The summed E-state index contributed by atoms with van der Waals surface area (Å²) < 4.78 is 3.66. The molecule has 1 aliphatic rings. The topological polar surface area (TPSA) is 56.0 Å². The Labute approximate surface area is 153 Å². The van der Waals surface area contributed by atoms with E-state index in [9.17, 15) is 4.79 Å². The number of amides is 1. The van der Waals surface area contributed by atoms with Crippen LogP contribution < -0.4 is 0 Å². The van der Waals surface area contributed by atoms with Crippen LogP contribution in [-0.4, -0.2) is 36.9 Å². The second-order valence-corrected chi connectivity index (χ2v) is 6.82. The maximum Gasteiger partial charge on any atom is 0.223 e. The minimum absolute atomic E-state index is 0.170. The first-order chi connectivity index (χ1) is 12.7. The molecule has 1 amide bonds. The molecule has 6 heteroatoms. The summed E-state index contributed by atoms with van der Waals surface area (Å²) >= 11 is 0. The van der Waals surface area contributed by atoms with Crippen molar-refractivity contribution < 1.29 is 4.79 Å². The van der Waals surface area contributed by atoms with Crippen molar-refractivity contribution in [1.82, 2.24) is 24.5 Å². The lowest BCUT2D eigenvalue weighted by molar-refractivity contribution is -0.132. The van der Waals surface area contributed by atoms with Crippen molar-refractivity contribution >= 4 is 5.91 Å². The molecule has 0 unspecified atom stereocenters. The molecule has 1 aliphatic heterocycles. The molecule has 6 nitrogen and oxygen atoms in total. The van der Waals surface area contributed by atoms with Gasteiger partial charge in [0.1, 0.15) is 0 Å². The quantitative estimate of drug-likeness (QED) is 0.712. The highest BCUT2D eigenvalue weighted by Gasteiger charge is 2.30. The number of carbonyl (C=O) groups excluding carboxylic acids is 1. The first-order valence-electron chi connectivity index (χ1n) is 9.08. The second kappa shape index (κ2) is 7.15. The van der Waals surface area contributed by atoms with Gasteiger partial charge in [-0.15, -0.1) is 0 Å². The van der Waals surface area contributed by atoms with E-state index < -0.39 is 0 Å². The van der Waals surface area contributed by atoms with Crippen LogP contribution in [0.2, 0.25) is 0 Å². The summed E-state index contributed by atoms with van der Waals surface area (Å²) in [6.45, 7) is 0.835. The summed E-state index contributed by atoms with van der Waals surface area (Å²) in [6.07, 6.45) is 11.0. The molecule has 1 saturated heterocycles. The number of likely N-dealkylation sites (tertiary alicyclic amines) is 1. The molecule has 0 bridgehead atoms. The predicted octanol–water partition coefficient (Wildman–Crippen LogP) is 2.90. The molecule has 3 aromatic rings. The fourth-order valence-electron chi connectivity index (χ4n) is 3.63.